The molecule has 0 spiro atoms. The van der Waals surface area contributed by atoms with Gasteiger partial charge < -0.3 is 9.90 Å². The molecule has 0 unspecified atom stereocenters. The Kier molecular flexibility index (Phi) is 2.72. The van der Waals surface area contributed by atoms with Crippen molar-refractivity contribution in [3.8, 4) is 0 Å². The van der Waals surface area contributed by atoms with Gasteiger partial charge >= 0.3 is 0 Å². The van der Waals surface area contributed by atoms with Crippen LogP contribution < -0.4 is 5.11 Å². The van der Waals surface area contributed by atoms with Crippen molar-refractivity contribution < 1.29 is 14.3 Å². The molecule has 0 fully saturated rings. The SMILES string of the molecule is O=C([O-])C(F)(I)I. The highest BCUT2D eigenvalue weighted by atomic mass is 127. The number of carbonyl (C=O) groups is 1. The molecular weight excluding hydrogens is 329 g/mol. The van der Waals surface area contributed by atoms with Crippen molar-refractivity contribution >= 4 is 51.2 Å². The zero-order chi connectivity index (χ0) is 6.08. The molecule has 0 amide bonds. The summed E-state index contributed by atoms with van der Waals surface area (Å²) in [4.78, 5) is 9.52. The number of aliphatic carboxylic acids is 1. The van der Waals surface area contributed by atoms with E-state index in [4.69, 9.17) is 0 Å². The van der Waals surface area contributed by atoms with E-state index in [9.17, 15) is 14.3 Å². The number of carboxylic acids is 1. The van der Waals surface area contributed by atoms with Crippen LogP contribution in [0.1, 0.15) is 0 Å². The smallest absolute Gasteiger partial charge is 0.249 e. The van der Waals surface area contributed by atoms with Crippen LogP contribution >= 0.6 is 45.2 Å². The minimum atomic E-state index is -2.25. The molecule has 0 aromatic rings. The molecule has 0 atom stereocenters. The fourth-order valence-electron chi connectivity index (χ4n) is 0. The highest BCUT2D eigenvalue weighted by Crippen LogP contribution is 2.27. The lowest BCUT2D eigenvalue weighted by molar-refractivity contribution is -0.308. The molecule has 0 N–H and O–H groups in total. The second-order valence-corrected chi connectivity index (χ2v) is 5.82. The van der Waals surface area contributed by atoms with Crippen molar-refractivity contribution in [3.05, 3.63) is 0 Å². The summed E-state index contributed by atoms with van der Waals surface area (Å²) in [5, 5.41) is 9.52. The van der Waals surface area contributed by atoms with E-state index >= 15 is 0 Å². The van der Waals surface area contributed by atoms with Gasteiger partial charge in [-0.15, -0.1) is 0 Å². The number of rotatable bonds is 1. The van der Waals surface area contributed by atoms with Crippen LogP contribution in [0, 0.1) is 0 Å². The number of hydrogen-bond donors (Lipinski definition) is 0. The van der Waals surface area contributed by atoms with Crippen molar-refractivity contribution in [2.75, 3.05) is 0 Å². The van der Waals surface area contributed by atoms with Crippen LogP contribution in [-0.4, -0.2) is 7.65 Å². The Bertz CT molecular complexity index is 86.2. The van der Waals surface area contributed by atoms with Crippen LogP contribution in [0.15, 0.2) is 0 Å². The number of carboxylic acid groups (broad SMARTS) is 1. The van der Waals surface area contributed by atoms with Gasteiger partial charge in [-0.2, -0.15) is 0 Å². The fraction of sp³-hybridized carbons (Fsp3) is 0.500. The molecule has 5 heteroatoms. The second-order valence-electron chi connectivity index (χ2n) is 0.785. The van der Waals surface area contributed by atoms with Gasteiger partial charge in [-0.3, -0.25) is 0 Å². The van der Waals surface area contributed by atoms with Crippen molar-refractivity contribution in [1.29, 1.82) is 0 Å². The molecule has 0 radical (unpaired) electrons. The van der Waals surface area contributed by atoms with Gasteiger partial charge in [-0.05, 0) is 45.2 Å². The summed E-state index contributed by atoms with van der Waals surface area (Å²) in [6, 6.07) is 0. The summed E-state index contributed by atoms with van der Waals surface area (Å²) in [5.74, 6) is -1.70. The molecule has 0 bridgehead atoms. The van der Waals surface area contributed by atoms with E-state index in [0.29, 0.717) is 0 Å². The van der Waals surface area contributed by atoms with Crippen LogP contribution in [0.4, 0.5) is 4.39 Å². The number of halogens is 3. The quantitative estimate of drug-likeness (QED) is 0.511. The Morgan fingerprint density at radius 1 is 1.71 bits per heavy atom. The third kappa shape index (κ3) is 3.44. The van der Waals surface area contributed by atoms with Crippen LogP contribution in [0.25, 0.3) is 0 Å². The summed E-state index contributed by atoms with van der Waals surface area (Å²) in [6.45, 7) is 0. The Morgan fingerprint density at radius 3 is 1.86 bits per heavy atom. The molecule has 0 aromatic heterocycles. The maximum Gasteiger partial charge on any atom is 0.249 e. The molecule has 0 saturated carbocycles. The minimum absolute atomic E-state index is 1.12. The predicted octanol–water partition coefficient (Wildman–Crippen LogP) is 0.230. The monoisotopic (exact) mass is 329 g/mol. The first-order valence-corrected chi connectivity index (χ1v) is 3.38. The normalized spacial score (nSPS) is 11.3. The Morgan fingerprint density at radius 2 is 1.86 bits per heavy atom. The molecule has 0 aliphatic heterocycles. The average Bonchev–Trinajstić information content (AvgIpc) is 1.31. The fourth-order valence-corrected chi connectivity index (χ4v) is 0. The maximum atomic E-state index is 11.8. The first kappa shape index (κ1) is 7.86. The highest BCUT2D eigenvalue weighted by molar-refractivity contribution is 14.2. The average molecular weight is 329 g/mol. The van der Waals surface area contributed by atoms with Gasteiger partial charge in [0.25, 0.3) is 0 Å². The number of hydrogen-bond acceptors (Lipinski definition) is 2. The van der Waals surface area contributed by atoms with Crippen LogP contribution in [0.5, 0.6) is 0 Å². The van der Waals surface area contributed by atoms with Gasteiger partial charge in [0, 0.05) is 0 Å². The summed E-state index contributed by atoms with van der Waals surface area (Å²) in [5.41, 5.74) is 0. The van der Waals surface area contributed by atoms with E-state index in [-0.39, 0.29) is 0 Å². The molecule has 0 aliphatic carbocycles. The lowest BCUT2D eigenvalue weighted by atomic mass is 10.8. The Balaban J connectivity index is 3.79. The lowest BCUT2D eigenvalue weighted by Gasteiger charge is -2.08. The third-order valence-electron chi connectivity index (χ3n) is 0.231. The Labute approximate surface area is 66.7 Å². The van der Waals surface area contributed by atoms with Gasteiger partial charge in [0.1, 0.15) is 0 Å². The molecule has 0 saturated heterocycles. The standard InChI is InChI=1S/C2HFI2O2/c3-2(4,5)1(6)7/h(H,6,7)/p-1. The minimum Gasteiger partial charge on any atom is -0.545 e. The molecule has 0 aliphatic rings. The largest absolute Gasteiger partial charge is 0.545 e. The van der Waals surface area contributed by atoms with E-state index in [2.05, 4.69) is 0 Å². The van der Waals surface area contributed by atoms with Crippen molar-refractivity contribution in [3.63, 3.8) is 0 Å². The van der Waals surface area contributed by atoms with E-state index in [1.807, 2.05) is 0 Å². The molecule has 42 valence electrons. The summed E-state index contributed by atoms with van der Waals surface area (Å²) in [6.07, 6.45) is 0. The Hall–Kier alpha value is 0.860. The highest BCUT2D eigenvalue weighted by Gasteiger charge is 2.21. The van der Waals surface area contributed by atoms with Crippen LogP contribution in [-0.2, 0) is 4.79 Å². The maximum absolute atomic E-state index is 11.8. The molecule has 0 heterocycles. The summed E-state index contributed by atoms with van der Waals surface area (Å²) in [7, 11) is 0. The van der Waals surface area contributed by atoms with Gasteiger partial charge in [0.15, 0.2) is 0 Å². The first-order valence-electron chi connectivity index (χ1n) is 1.23. The zero-order valence-corrected chi connectivity index (χ0v) is 7.27. The molecule has 0 rings (SSSR count). The van der Waals surface area contributed by atoms with E-state index in [1.165, 1.54) is 0 Å². The molecule has 7 heavy (non-hydrogen) atoms. The predicted molar refractivity (Wildman–Crippen MR) is 36.9 cm³/mol. The first-order chi connectivity index (χ1) is 2.94. The van der Waals surface area contributed by atoms with Gasteiger partial charge in [0.05, 0.1) is 5.97 Å². The third-order valence-corrected chi connectivity index (χ3v) is 1.11. The number of alkyl halides is 3. The number of carbonyl (C=O) groups excluding carboxylic acids is 1. The summed E-state index contributed by atoms with van der Waals surface area (Å²) >= 11 is 2.25. The molecule has 0 aromatic carbocycles. The van der Waals surface area contributed by atoms with Crippen molar-refractivity contribution in [2.24, 2.45) is 0 Å². The van der Waals surface area contributed by atoms with Crippen molar-refractivity contribution in [1.82, 2.24) is 0 Å². The van der Waals surface area contributed by atoms with Crippen LogP contribution in [0.3, 0.4) is 0 Å². The zero-order valence-electron chi connectivity index (χ0n) is 2.95. The van der Waals surface area contributed by atoms with Crippen molar-refractivity contribution in [2.45, 2.75) is 1.68 Å². The van der Waals surface area contributed by atoms with Gasteiger partial charge in [-0.25, -0.2) is 4.39 Å². The van der Waals surface area contributed by atoms with Gasteiger partial charge in [-0.1, -0.05) is 0 Å². The second kappa shape index (κ2) is 2.42. The van der Waals surface area contributed by atoms with Gasteiger partial charge in [0.2, 0.25) is 1.68 Å². The molecule has 2 nitrogen and oxygen atoms in total. The topological polar surface area (TPSA) is 40.1 Å². The van der Waals surface area contributed by atoms with E-state index in [0.717, 1.165) is 45.2 Å². The summed E-state index contributed by atoms with van der Waals surface area (Å²) < 4.78 is 9.57. The molecular formula is C2FI2O2-. The lowest BCUT2D eigenvalue weighted by Crippen LogP contribution is -2.35. The van der Waals surface area contributed by atoms with E-state index in [1.54, 1.807) is 0 Å². The van der Waals surface area contributed by atoms with E-state index < -0.39 is 7.65 Å². The van der Waals surface area contributed by atoms with Crippen LogP contribution in [0.2, 0.25) is 0 Å².